The Morgan fingerprint density at radius 3 is 2.83 bits per heavy atom. The van der Waals surface area contributed by atoms with Crippen LogP contribution in [0.5, 0.6) is 5.75 Å². The van der Waals surface area contributed by atoms with Crippen LogP contribution in [0.2, 0.25) is 0 Å². The molecule has 0 bridgehead atoms. The molecule has 0 saturated carbocycles. The largest absolute Gasteiger partial charge is 0.490 e. The molecule has 0 aliphatic rings. The quantitative estimate of drug-likeness (QED) is 0.733. The van der Waals surface area contributed by atoms with E-state index in [0.29, 0.717) is 23.6 Å². The van der Waals surface area contributed by atoms with Crippen molar-refractivity contribution in [3.63, 3.8) is 0 Å². The van der Waals surface area contributed by atoms with Gasteiger partial charge in [0.25, 0.3) is 5.91 Å². The summed E-state index contributed by atoms with van der Waals surface area (Å²) in [7, 11) is 1.84. The first-order valence-electron chi connectivity index (χ1n) is 7.53. The molecule has 1 N–H and O–H groups in total. The molecule has 1 aromatic carbocycles. The number of amides is 1. The van der Waals surface area contributed by atoms with E-state index in [1.165, 1.54) is 0 Å². The number of aromatic nitrogens is 3. The maximum Gasteiger partial charge on any atom is 0.255 e. The third kappa shape index (κ3) is 3.12. The Bertz CT molecular complexity index is 897. The second-order valence-corrected chi connectivity index (χ2v) is 5.38. The molecule has 6 heteroatoms. The van der Waals surface area contributed by atoms with Crippen molar-refractivity contribution in [3.05, 3.63) is 60.4 Å². The first kappa shape index (κ1) is 15.7. The van der Waals surface area contributed by atoms with Crippen LogP contribution in [0.25, 0.3) is 11.0 Å². The topological polar surface area (TPSA) is 69.0 Å². The summed E-state index contributed by atoms with van der Waals surface area (Å²) in [5.74, 6) is 0.494. The van der Waals surface area contributed by atoms with E-state index in [4.69, 9.17) is 4.74 Å². The van der Waals surface area contributed by atoms with Gasteiger partial charge in [-0.3, -0.25) is 9.48 Å². The highest BCUT2D eigenvalue weighted by Gasteiger charge is 2.10. The molecule has 0 unspecified atom stereocenters. The zero-order valence-electron chi connectivity index (χ0n) is 13.6. The van der Waals surface area contributed by atoms with Crippen LogP contribution in [0, 0.1) is 6.92 Å². The van der Waals surface area contributed by atoms with Gasteiger partial charge in [0.1, 0.15) is 12.4 Å². The van der Waals surface area contributed by atoms with Crippen molar-refractivity contribution in [2.24, 2.45) is 7.05 Å². The summed E-state index contributed by atoms with van der Waals surface area (Å²) in [5.41, 5.74) is 2.84. The number of carbonyl (C=O) groups excluding carboxylic acids is 1. The fourth-order valence-electron chi connectivity index (χ4n) is 2.44. The van der Waals surface area contributed by atoms with Crippen LogP contribution in [0.15, 0.2) is 49.2 Å². The molecule has 0 spiro atoms. The standard InChI is InChI=1S/C18H18N4O2/c1-4-9-24-15-7-5-13(6-8-15)18(23)20-14-10-16-12(2)21-22(3)17(16)19-11-14/h4-8,10-11H,1,9H2,2-3H3,(H,20,23). The molecular weight excluding hydrogens is 304 g/mol. The lowest BCUT2D eigenvalue weighted by Gasteiger charge is -2.07. The molecule has 6 nitrogen and oxygen atoms in total. The number of carbonyl (C=O) groups is 1. The first-order chi connectivity index (χ1) is 11.6. The summed E-state index contributed by atoms with van der Waals surface area (Å²) >= 11 is 0. The van der Waals surface area contributed by atoms with Crippen molar-refractivity contribution in [1.82, 2.24) is 14.8 Å². The van der Waals surface area contributed by atoms with Crippen LogP contribution >= 0.6 is 0 Å². The predicted molar refractivity (Wildman–Crippen MR) is 93.3 cm³/mol. The van der Waals surface area contributed by atoms with Gasteiger partial charge >= 0.3 is 0 Å². The minimum Gasteiger partial charge on any atom is -0.490 e. The Labute approximate surface area is 139 Å². The lowest BCUT2D eigenvalue weighted by molar-refractivity contribution is 0.102. The molecule has 122 valence electrons. The number of nitrogens with zero attached hydrogens (tertiary/aromatic N) is 3. The van der Waals surface area contributed by atoms with Gasteiger partial charge in [-0.05, 0) is 37.3 Å². The molecule has 0 saturated heterocycles. The maximum absolute atomic E-state index is 12.3. The van der Waals surface area contributed by atoms with Crippen molar-refractivity contribution in [2.45, 2.75) is 6.92 Å². The number of fused-ring (bicyclic) bond motifs is 1. The summed E-state index contributed by atoms with van der Waals surface area (Å²) in [6.45, 7) is 5.94. The van der Waals surface area contributed by atoms with Gasteiger partial charge in [-0.2, -0.15) is 5.10 Å². The third-order valence-corrected chi connectivity index (χ3v) is 3.61. The van der Waals surface area contributed by atoms with Crippen LogP contribution < -0.4 is 10.1 Å². The summed E-state index contributed by atoms with van der Waals surface area (Å²) in [6.07, 6.45) is 3.30. The Balaban J connectivity index is 1.76. The number of benzene rings is 1. The van der Waals surface area contributed by atoms with Gasteiger partial charge in [-0.1, -0.05) is 12.7 Å². The summed E-state index contributed by atoms with van der Waals surface area (Å²) in [4.78, 5) is 16.7. The van der Waals surface area contributed by atoms with Gasteiger partial charge in [0.05, 0.1) is 17.6 Å². The fourth-order valence-corrected chi connectivity index (χ4v) is 2.44. The molecule has 0 fully saturated rings. The van der Waals surface area contributed by atoms with Crippen LogP contribution in [-0.2, 0) is 7.05 Å². The number of pyridine rings is 1. The maximum atomic E-state index is 12.3. The first-order valence-corrected chi connectivity index (χ1v) is 7.53. The minimum atomic E-state index is -0.201. The molecule has 24 heavy (non-hydrogen) atoms. The average molecular weight is 322 g/mol. The second kappa shape index (κ2) is 6.54. The zero-order chi connectivity index (χ0) is 17.1. The molecule has 2 heterocycles. The number of hydrogen-bond acceptors (Lipinski definition) is 4. The van der Waals surface area contributed by atoms with E-state index in [1.807, 2.05) is 20.0 Å². The highest BCUT2D eigenvalue weighted by molar-refractivity contribution is 6.04. The van der Waals surface area contributed by atoms with E-state index in [2.05, 4.69) is 22.0 Å². The van der Waals surface area contributed by atoms with Gasteiger partial charge in [0, 0.05) is 18.0 Å². The van der Waals surface area contributed by atoms with E-state index >= 15 is 0 Å². The highest BCUT2D eigenvalue weighted by Crippen LogP contribution is 2.20. The van der Waals surface area contributed by atoms with Crippen LogP contribution in [0.4, 0.5) is 5.69 Å². The number of aryl methyl sites for hydroxylation is 2. The van der Waals surface area contributed by atoms with E-state index in [-0.39, 0.29) is 5.91 Å². The van der Waals surface area contributed by atoms with Crippen molar-refractivity contribution in [1.29, 1.82) is 0 Å². The number of nitrogens with one attached hydrogen (secondary N) is 1. The van der Waals surface area contributed by atoms with Crippen molar-refractivity contribution < 1.29 is 9.53 Å². The summed E-state index contributed by atoms with van der Waals surface area (Å²) < 4.78 is 7.12. The normalized spacial score (nSPS) is 10.6. The fraction of sp³-hybridized carbons (Fsp3) is 0.167. The molecule has 0 atom stereocenters. The van der Waals surface area contributed by atoms with Crippen molar-refractivity contribution in [3.8, 4) is 5.75 Å². The van der Waals surface area contributed by atoms with E-state index in [0.717, 1.165) is 16.7 Å². The molecular formula is C18H18N4O2. The molecule has 0 aliphatic heterocycles. The highest BCUT2D eigenvalue weighted by atomic mass is 16.5. The average Bonchev–Trinajstić information content (AvgIpc) is 2.87. The summed E-state index contributed by atoms with van der Waals surface area (Å²) in [5, 5.41) is 8.10. The molecule has 0 radical (unpaired) electrons. The number of rotatable bonds is 5. The monoisotopic (exact) mass is 322 g/mol. The van der Waals surface area contributed by atoms with E-state index in [1.54, 1.807) is 41.2 Å². The van der Waals surface area contributed by atoms with Gasteiger partial charge in [-0.25, -0.2) is 4.98 Å². The Morgan fingerprint density at radius 1 is 1.38 bits per heavy atom. The van der Waals surface area contributed by atoms with Crippen molar-refractivity contribution in [2.75, 3.05) is 11.9 Å². The predicted octanol–water partition coefficient (Wildman–Crippen LogP) is 3.09. The van der Waals surface area contributed by atoms with Crippen LogP contribution in [0.1, 0.15) is 16.1 Å². The molecule has 0 aliphatic carbocycles. The molecule has 3 aromatic rings. The second-order valence-electron chi connectivity index (χ2n) is 5.38. The van der Waals surface area contributed by atoms with E-state index < -0.39 is 0 Å². The van der Waals surface area contributed by atoms with Crippen molar-refractivity contribution >= 4 is 22.6 Å². The smallest absolute Gasteiger partial charge is 0.255 e. The van der Waals surface area contributed by atoms with Gasteiger partial charge in [0.2, 0.25) is 0 Å². The molecule has 3 rings (SSSR count). The number of hydrogen-bond donors (Lipinski definition) is 1. The van der Waals surface area contributed by atoms with Gasteiger partial charge < -0.3 is 10.1 Å². The third-order valence-electron chi connectivity index (χ3n) is 3.61. The Kier molecular flexibility index (Phi) is 4.29. The van der Waals surface area contributed by atoms with Gasteiger partial charge in [-0.15, -0.1) is 0 Å². The summed E-state index contributed by atoms with van der Waals surface area (Å²) in [6, 6.07) is 8.82. The molecule has 2 aromatic heterocycles. The zero-order valence-corrected chi connectivity index (χ0v) is 13.6. The van der Waals surface area contributed by atoms with Gasteiger partial charge in [0.15, 0.2) is 5.65 Å². The number of anilines is 1. The van der Waals surface area contributed by atoms with Crippen LogP contribution in [0.3, 0.4) is 0 Å². The van der Waals surface area contributed by atoms with E-state index in [9.17, 15) is 4.79 Å². The van der Waals surface area contributed by atoms with Crippen LogP contribution in [-0.4, -0.2) is 27.3 Å². The SMILES string of the molecule is C=CCOc1ccc(C(=O)Nc2cnc3c(c2)c(C)nn3C)cc1. The lowest BCUT2D eigenvalue weighted by Crippen LogP contribution is -2.12. The number of ether oxygens (including phenoxy) is 1. The Morgan fingerprint density at radius 2 is 2.12 bits per heavy atom. The molecule has 1 amide bonds. The Hall–Kier alpha value is -3.15. The lowest BCUT2D eigenvalue weighted by atomic mass is 10.2. The minimum absolute atomic E-state index is 0.201.